The number of aliphatic hydroxyl groups is 4. The number of benzene rings is 1. The van der Waals surface area contributed by atoms with E-state index in [0.29, 0.717) is 0 Å². The minimum atomic E-state index is -2.35. The van der Waals surface area contributed by atoms with E-state index in [1.165, 1.54) is 24.3 Å². The first-order valence-corrected chi connectivity index (χ1v) is 14.4. The van der Waals surface area contributed by atoms with Crippen LogP contribution in [0.2, 0.25) is 0 Å². The molecule has 1 aromatic carbocycles. The Balaban J connectivity index is 1.47. The number of fused-ring (bicyclic) bond motifs is 4. The number of aromatic hydroxyl groups is 1. The number of aliphatic hydroxyl groups excluding tert-OH is 4. The highest BCUT2D eigenvalue weighted by Gasteiger charge is 2.64. The third kappa shape index (κ3) is 3.86. The number of hydrogen-bond acceptors (Lipinski definition) is 13. The average Bonchev–Trinajstić information content (AvgIpc) is 3.01. The zero-order chi connectivity index (χ0) is 32.7. The number of rotatable bonds is 3. The lowest BCUT2D eigenvalue weighted by Gasteiger charge is -2.46. The number of methoxy groups -OCH3 is 2. The fourth-order valence-corrected chi connectivity index (χ4v) is 7.21. The van der Waals surface area contributed by atoms with Crippen molar-refractivity contribution in [3.63, 3.8) is 0 Å². The van der Waals surface area contributed by atoms with Crippen molar-refractivity contribution in [2.45, 2.75) is 62.4 Å². The van der Waals surface area contributed by atoms with Gasteiger partial charge in [-0.15, -0.1) is 0 Å². The van der Waals surface area contributed by atoms with Gasteiger partial charge in [0.2, 0.25) is 0 Å². The quantitative estimate of drug-likeness (QED) is 0.305. The van der Waals surface area contributed by atoms with Gasteiger partial charge < -0.3 is 44.5 Å². The van der Waals surface area contributed by atoms with E-state index in [0.717, 1.165) is 14.2 Å². The predicted molar refractivity (Wildman–Crippen MR) is 152 cm³/mol. The van der Waals surface area contributed by atoms with E-state index in [4.69, 9.17) is 18.9 Å². The molecular formula is C32H32O13. The number of Topliss-reactive ketones (excluding diaryl/α,β-unsaturated/α-hetero) is 2. The van der Waals surface area contributed by atoms with E-state index in [9.17, 15) is 44.7 Å². The van der Waals surface area contributed by atoms with Crippen LogP contribution in [0.3, 0.4) is 0 Å². The summed E-state index contributed by atoms with van der Waals surface area (Å²) in [6.45, 7) is 3.13. The number of phenols is 1. The number of ether oxygens (including phenoxy) is 4. The van der Waals surface area contributed by atoms with Crippen molar-refractivity contribution < 1.29 is 63.7 Å². The Morgan fingerprint density at radius 2 is 1.38 bits per heavy atom. The smallest absolute Gasteiger partial charge is 0.358 e. The summed E-state index contributed by atoms with van der Waals surface area (Å²) in [5.74, 6) is -7.51. The van der Waals surface area contributed by atoms with Crippen LogP contribution in [0, 0.1) is 11.8 Å². The summed E-state index contributed by atoms with van der Waals surface area (Å²) in [7, 11) is 2.13. The standard InChI is InChI=1S/C32H32O13/c1-12-9-17(33)22-25(36)16-11-14(5-7-19(16)44-31(22,27(12)38)29(40)42-3)15-6-8-20-21(24(15)35)26(37)23-18(34)10-13(2)28(39)32(23,45-20)30(41)43-4/h6-8,11-14,27-28,35-39H,5,9-10H2,1-4H3/t12-,13-,14+,27+,28-,31+,32+/m1/s1. The maximum Gasteiger partial charge on any atom is 0.358 e. The van der Waals surface area contributed by atoms with Crippen LogP contribution in [0.25, 0.3) is 5.76 Å². The Bertz CT molecular complexity index is 1700. The Morgan fingerprint density at radius 3 is 1.93 bits per heavy atom. The molecule has 0 unspecified atom stereocenters. The van der Waals surface area contributed by atoms with E-state index < -0.39 is 93.1 Å². The first kappa shape index (κ1) is 30.4. The van der Waals surface area contributed by atoms with Crippen molar-refractivity contribution in [2.75, 3.05) is 14.2 Å². The van der Waals surface area contributed by atoms with Gasteiger partial charge in [0, 0.05) is 24.3 Å². The minimum absolute atomic E-state index is 0.0170. The van der Waals surface area contributed by atoms with Crippen LogP contribution in [0.1, 0.15) is 50.2 Å². The molecule has 0 saturated heterocycles. The number of esters is 2. The lowest BCUT2D eigenvalue weighted by molar-refractivity contribution is -0.182. The fourth-order valence-electron chi connectivity index (χ4n) is 7.21. The highest BCUT2D eigenvalue weighted by atomic mass is 16.6. The third-order valence-electron chi connectivity index (χ3n) is 9.47. The van der Waals surface area contributed by atoms with Gasteiger partial charge >= 0.3 is 11.9 Å². The summed E-state index contributed by atoms with van der Waals surface area (Å²) in [4.78, 5) is 52.3. The van der Waals surface area contributed by atoms with Gasteiger partial charge in [-0.1, -0.05) is 26.0 Å². The summed E-state index contributed by atoms with van der Waals surface area (Å²) >= 11 is 0. The van der Waals surface area contributed by atoms with E-state index in [1.54, 1.807) is 13.8 Å². The normalized spacial score (nSPS) is 33.8. The molecule has 2 heterocycles. The number of carbonyl (C=O) groups is 4. The number of hydrogen-bond donors (Lipinski definition) is 5. The Morgan fingerprint density at radius 1 is 0.844 bits per heavy atom. The molecule has 13 nitrogen and oxygen atoms in total. The van der Waals surface area contributed by atoms with Gasteiger partial charge in [-0.2, -0.15) is 0 Å². The molecule has 6 rings (SSSR count). The molecule has 2 aliphatic heterocycles. The van der Waals surface area contributed by atoms with Crippen LogP contribution >= 0.6 is 0 Å². The summed E-state index contributed by atoms with van der Waals surface area (Å²) in [5, 5.41) is 56.3. The van der Waals surface area contributed by atoms with Gasteiger partial charge in [-0.3, -0.25) is 9.59 Å². The molecule has 0 aromatic heterocycles. The highest BCUT2D eigenvalue weighted by Crippen LogP contribution is 2.54. The van der Waals surface area contributed by atoms with Gasteiger partial charge in [0.25, 0.3) is 11.2 Å². The molecule has 238 valence electrons. The lowest BCUT2D eigenvalue weighted by atomic mass is 9.68. The SMILES string of the molecule is COC(=O)[C@]12Oc3ccc([C@@H]4C=C5C(=CC4)O[C@@]4(C(=O)OC)C(=C5O)C(=O)C[C@@H](C)[C@@H]4O)c(O)c3C(O)=C1C(=O)C[C@@H](C)[C@H]2O. The molecule has 0 radical (unpaired) electrons. The third-order valence-corrected chi connectivity index (χ3v) is 9.47. The molecule has 1 aromatic rings. The molecule has 0 spiro atoms. The number of phenolic OH excluding ortho intramolecular Hbond substituents is 1. The summed E-state index contributed by atoms with van der Waals surface area (Å²) < 4.78 is 21.7. The van der Waals surface area contributed by atoms with Crippen molar-refractivity contribution in [1.82, 2.24) is 0 Å². The Labute approximate surface area is 256 Å². The van der Waals surface area contributed by atoms with Gasteiger partial charge in [-0.05, 0) is 30.4 Å². The van der Waals surface area contributed by atoms with Crippen molar-refractivity contribution in [1.29, 1.82) is 0 Å². The Hall–Kier alpha value is -4.62. The number of carbonyl (C=O) groups excluding carboxylic acids is 4. The van der Waals surface area contributed by atoms with Crippen LogP contribution < -0.4 is 4.74 Å². The molecule has 7 atom stereocenters. The largest absolute Gasteiger partial charge is 0.507 e. The van der Waals surface area contributed by atoms with Gasteiger partial charge in [0.1, 0.15) is 46.5 Å². The zero-order valence-electron chi connectivity index (χ0n) is 24.8. The zero-order valence-corrected chi connectivity index (χ0v) is 24.8. The fraction of sp³-hybridized carbons (Fsp3) is 0.438. The Kier molecular flexibility index (Phi) is 6.90. The molecule has 13 heteroatoms. The molecule has 2 fully saturated rings. The second-order valence-corrected chi connectivity index (χ2v) is 12.1. The number of allylic oxidation sites excluding steroid dienone is 2. The van der Waals surface area contributed by atoms with E-state index in [2.05, 4.69) is 0 Å². The molecule has 5 aliphatic rings. The van der Waals surface area contributed by atoms with Gasteiger partial charge in [0.05, 0.1) is 30.9 Å². The summed E-state index contributed by atoms with van der Waals surface area (Å²) in [6.07, 6.45) is -0.254. The molecule has 0 amide bonds. The second kappa shape index (κ2) is 10.2. The van der Waals surface area contributed by atoms with Gasteiger partial charge in [-0.25, -0.2) is 9.59 Å². The molecule has 0 bridgehead atoms. The maximum absolute atomic E-state index is 13.2. The van der Waals surface area contributed by atoms with Crippen molar-refractivity contribution in [3.8, 4) is 11.5 Å². The topological polar surface area (TPSA) is 206 Å². The minimum Gasteiger partial charge on any atom is -0.507 e. The monoisotopic (exact) mass is 624 g/mol. The van der Waals surface area contributed by atoms with Crippen molar-refractivity contribution >= 4 is 29.3 Å². The molecular weight excluding hydrogens is 592 g/mol. The van der Waals surface area contributed by atoms with Crippen LogP contribution in [0.15, 0.2) is 52.5 Å². The average molecular weight is 625 g/mol. The van der Waals surface area contributed by atoms with E-state index in [-0.39, 0.29) is 47.5 Å². The molecule has 3 aliphatic carbocycles. The second-order valence-electron chi connectivity index (χ2n) is 12.1. The maximum atomic E-state index is 13.2. The van der Waals surface area contributed by atoms with E-state index in [1.807, 2.05) is 0 Å². The lowest BCUT2D eigenvalue weighted by Crippen LogP contribution is -2.64. The van der Waals surface area contributed by atoms with Gasteiger partial charge in [0.15, 0.2) is 11.6 Å². The predicted octanol–water partition coefficient (Wildman–Crippen LogP) is 1.96. The number of ketones is 2. The molecule has 5 N–H and O–H groups in total. The van der Waals surface area contributed by atoms with Crippen LogP contribution in [-0.2, 0) is 33.4 Å². The first-order valence-electron chi connectivity index (χ1n) is 14.4. The molecule has 2 saturated carbocycles. The van der Waals surface area contributed by atoms with Crippen LogP contribution in [0.4, 0.5) is 0 Å². The van der Waals surface area contributed by atoms with Crippen molar-refractivity contribution in [3.05, 3.63) is 63.6 Å². The highest BCUT2D eigenvalue weighted by molar-refractivity contribution is 6.12. The summed E-state index contributed by atoms with van der Waals surface area (Å²) in [5.41, 5.74) is -5.62. The van der Waals surface area contributed by atoms with E-state index >= 15 is 0 Å². The van der Waals surface area contributed by atoms with Crippen LogP contribution in [0.5, 0.6) is 11.5 Å². The van der Waals surface area contributed by atoms with Crippen LogP contribution in [-0.4, -0.2) is 86.7 Å². The first-order chi connectivity index (χ1) is 21.3. The molecule has 45 heavy (non-hydrogen) atoms. The summed E-state index contributed by atoms with van der Waals surface area (Å²) in [6, 6.07) is 2.80. The van der Waals surface area contributed by atoms with Crippen molar-refractivity contribution in [2.24, 2.45) is 11.8 Å².